The molecule has 2 rings (SSSR count). The van der Waals surface area contributed by atoms with Crippen LogP contribution in [0.2, 0.25) is 0 Å². The second kappa shape index (κ2) is 7.65. The Morgan fingerprint density at radius 2 is 1.87 bits per heavy atom. The van der Waals surface area contributed by atoms with Gasteiger partial charge in [0.05, 0.1) is 11.7 Å². The summed E-state index contributed by atoms with van der Waals surface area (Å²) in [5.41, 5.74) is -0.469. The maximum Gasteiger partial charge on any atom is 0.416 e. The van der Waals surface area contributed by atoms with Crippen LogP contribution in [0.1, 0.15) is 30.1 Å². The van der Waals surface area contributed by atoms with Gasteiger partial charge in [-0.3, -0.25) is 0 Å². The highest BCUT2D eigenvalue weighted by Crippen LogP contribution is 2.29. The number of carbonyl (C=O) groups is 1. The molecule has 1 aromatic rings. The van der Waals surface area contributed by atoms with Crippen LogP contribution < -0.4 is 10.6 Å². The van der Waals surface area contributed by atoms with E-state index in [2.05, 4.69) is 10.6 Å². The average molecular weight is 332 g/mol. The van der Waals surface area contributed by atoms with E-state index >= 15 is 0 Å². The van der Waals surface area contributed by atoms with Gasteiger partial charge in [-0.15, -0.1) is 0 Å². The first-order valence-corrected chi connectivity index (χ1v) is 7.33. The predicted octanol–water partition coefficient (Wildman–Crippen LogP) is 2.22. The summed E-state index contributed by atoms with van der Waals surface area (Å²) >= 11 is 0. The van der Waals surface area contributed by atoms with Crippen molar-refractivity contribution in [2.24, 2.45) is 0 Å². The van der Waals surface area contributed by atoms with E-state index in [1.165, 1.54) is 12.1 Å². The maximum atomic E-state index is 12.5. The number of carbonyl (C=O) groups excluding carboxylic acids is 1. The van der Waals surface area contributed by atoms with Gasteiger partial charge in [0.2, 0.25) is 0 Å². The normalized spacial score (nSPS) is 17.6. The number of urea groups is 1. The molecule has 2 amide bonds. The molecule has 0 saturated carbocycles. The van der Waals surface area contributed by atoms with Crippen LogP contribution in [-0.2, 0) is 10.9 Å². The summed E-state index contributed by atoms with van der Waals surface area (Å²) < 4.78 is 42.6. The van der Waals surface area contributed by atoms with Crippen molar-refractivity contribution >= 4 is 6.03 Å². The van der Waals surface area contributed by atoms with Gasteiger partial charge in [-0.05, 0) is 30.5 Å². The molecule has 23 heavy (non-hydrogen) atoms. The Labute approximate surface area is 131 Å². The van der Waals surface area contributed by atoms with Gasteiger partial charge in [0, 0.05) is 25.8 Å². The zero-order valence-electron chi connectivity index (χ0n) is 12.4. The monoisotopic (exact) mass is 332 g/mol. The second-order valence-electron chi connectivity index (χ2n) is 5.38. The van der Waals surface area contributed by atoms with Crippen LogP contribution in [0.3, 0.4) is 0 Å². The van der Waals surface area contributed by atoms with E-state index in [0.29, 0.717) is 18.8 Å². The summed E-state index contributed by atoms with van der Waals surface area (Å²) in [6.45, 7) is 1.11. The van der Waals surface area contributed by atoms with Crippen LogP contribution in [0.15, 0.2) is 24.3 Å². The van der Waals surface area contributed by atoms with E-state index in [4.69, 9.17) is 4.74 Å². The Kier molecular flexibility index (Phi) is 5.84. The molecule has 1 fully saturated rings. The lowest BCUT2D eigenvalue weighted by molar-refractivity contribution is -0.137. The van der Waals surface area contributed by atoms with E-state index in [-0.39, 0.29) is 12.6 Å². The van der Waals surface area contributed by atoms with Crippen molar-refractivity contribution in [3.63, 3.8) is 0 Å². The van der Waals surface area contributed by atoms with Gasteiger partial charge in [0.15, 0.2) is 0 Å². The number of halogens is 3. The molecule has 8 heteroatoms. The Bertz CT molecular complexity index is 514. The summed E-state index contributed by atoms with van der Waals surface area (Å²) in [6.07, 6.45) is -4.02. The van der Waals surface area contributed by atoms with Gasteiger partial charge >= 0.3 is 12.2 Å². The van der Waals surface area contributed by atoms with Crippen molar-refractivity contribution < 1.29 is 27.8 Å². The molecule has 1 aliphatic heterocycles. The molecule has 128 valence electrons. The van der Waals surface area contributed by atoms with Crippen LogP contribution in [0.25, 0.3) is 0 Å². The Hall–Kier alpha value is -1.80. The summed E-state index contributed by atoms with van der Waals surface area (Å²) in [7, 11) is 0. The van der Waals surface area contributed by atoms with Gasteiger partial charge in [-0.25, -0.2) is 4.79 Å². The summed E-state index contributed by atoms with van der Waals surface area (Å²) in [4.78, 5) is 11.7. The van der Waals surface area contributed by atoms with Crippen LogP contribution in [-0.4, -0.2) is 36.9 Å². The molecule has 1 saturated heterocycles. The predicted molar refractivity (Wildman–Crippen MR) is 76.8 cm³/mol. The number of benzene rings is 1. The molecule has 1 aromatic carbocycles. The lowest BCUT2D eigenvalue weighted by Gasteiger charge is -2.23. The lowest BCUT2D eigenvalue weighted by atomic mass is 10.1. The summed E-state index contributed by atoms with van der Waals surface area (Å²) in [5.74, 6) is 0. The lowest BCUT2D eigenvalue weighted by Crippen LogP contribution is -2.45. The van der Waals surface area contributed by atoms with Crippen LogP contribution in [0, 0.1) is 0 Å². The number of rotatable bonds is 4. The third-order valence-electron chi connectivity index (χ3n) is 3.64. The minimum Gasteiger partial charge on any atom is -0.387 e. The van der Waals surface area contributed by atoms with Crippen molar-refractivity contribution in [1.29, 1.82) is 0 Å². The summed E-state index contributed by atoms with van der Waals surface area (Å²) in [6, 6.07) is 3.83. The third-order valence-corrected chi connectivity index (χ3v) is 3.64. The molecule has 0 aromatic heterocycles. The number of alkyl halides is 3. The highest BCUT2D eigenvalue weighted by molar-refractivity contribution is 5.74. The number of amides is 2. The zero-order chi connectivity index (χ0) is 16.9. The van der Waals surface area contributed by atoms with Crippen molar-refractivity contribution in [3.05, 3.63) is 35.4 Å². The molecule has 0 aliphatic carbocycles. The van der Waals surface area contributed by atoms with Crippen molar-refractivity contribution in [2.75, 3.05) is 19.8 Å². The molecule has 0 unspecified atom stereocenters. The number of hydrogen-bond acceptors (Lipinski definition) is 3. The van der Waals surface area contributed by atoms with Gasteiger partial charge in [-0.2, -0.15) is 13.2 Å². The third kappa shape index (κ3) is 5.40. The first-order valence-electron chi connectivity index (χ1n) is 7.33. The Morgan fingerprint density at radius 3 is 2.43 bits per heavy atom. The summed E-state index contributed by atoms with van der Waals surface area (Å²) in [5, 5.41) is 15.2. The highest BCUT2D eigenvalue weighted by Gasteiger charge is 2.30. The van der Waals surface area contributed by atoms with Gasteiger partial charge in [0.1, 0.15) is 0 Å². The highest BCUT2D eigenvalue weighted by atomic mass is 19.4. The molecule has 1 heterocycles. The van der Waals surface area contributed by atoms with Crippen molar-refractivity contribution in [1.82, 2.24) is 10.6 Å². The van der Waals surface area contributed by atoms with E-state index < -0.39 is 23.9 Å². The van der Waals surface area contributed by atoms with Crippen LogP contribution in [0.4, 0.5) is 18.0 Å². The molecule has 0 bridgehead atoms. The van der Waals surface area contributed by atoms with Crippen molar-refractivity contribution in [2.45, 2.75) is 31.2 Å². The van der Waals surface area contributed by atoms with E-state index in [9.17, 15) is 23.1 Å². The zero-order valence-corrected chi connectivity index (χ0v) is 12.4. The molecular weight excluding hydrogens is 313 g/mol. The molecule has 5 nitrogen and oxygen atoms in total. The second-order valence-corrected chi connectivity index (χ2v) is 5.38. The van der Waals surface area contributed by atoms with Crippen LogP contribution >= 0.6 is 0 Å². The molecular formula is C15H19F3N2O3. The van der Waals surface area contributed by atoms with Gasteiger partial charge in [0.25, 0.3) is 0 Å². The topological polar surface area (TPSA) is 70.6 Å². The molecule has 0 radical (unpaired) electrons. The fraction of sp³-hybridized carbons (Fsp3) is 0.533. The average Bonchev–Trinajstić information content (AvgIpc) is 2.53. The molecule has 1 atom stereocenters. The smallest absolute Gasteiger partial charge is 0.387 e. The van der Waals surface area contributed by atoms with Crippen LogP contribution in [0.5, 0.6) is 0 Å². The standard InChI is InChI=1S/C15H19F3N2O3/c16-15(17,18)11-3-1-10(2-4-11)13(21)9-19-14(22)20-12-5-7-23-8-6-12/h1-4,12-13,21H,5-9H2,(H2,19,20,22)/t13-/m1/s1. The largest absolute Gasteiger partial charge is 0.416 e. The minimum atomic E-state index is -4.41. The van der Waals surface area contributed by atoms with Gasteiger partial charge < -0.3 is 20.5 Å². The number of ether oxygens (including phenoxy) is 1. The van der Waals surface area contributed by atoms with Crippen molar-refractivity contribution in [3.8, 4) is 0 Å². The van der Waals surface area contributed by atoms with E-state index in [1.807, 2.05) is 0 Å². The number of aliphatic hydroxyl groups excluding tert-OH is 1. The fourth-order valence-electron chi connectivity index (χ4n) is 2.28. The minimum absolute atomic E-state index is 0.0342. The first-order chi connectivity index (χ1) is 10.9. The fourth-order valence-corrected chi connectivity index (χ4v) is 2.28. The van der Waals surface area contributed by atoms with E-state index in [0.717, 1.165) is 25.0 Å². The molecule has 3 N–H and O–H groups in total. The quantitative estimate of drug-likeness (QED) is 0.792. The van der Waals surface area contributed by atoms with E-state index in [1.54, 1.807) is 0 Å². The number of aliphatic hydroxyl groups is 1. The SMILES string of the molecule is O=C(NC[C@@H](O)c1ccc(C(F)(F)F)cc1)NC1CCOCC1. The Morgan fingerprint density at radius 1 is 1.26 bits per heavy atom. The number of hydrogen-bond donors (Lipinski definition) is 3. The first kappa shape index (κ1) is 17.6. The Balaban J connectivity index is 1.79. The maximum absolute atomic E-state index is 12.5. The van der Waals surface area contributed by atoms with Gasteiger partial charge in [-0.1, -0.05) is 12.1 Å². The number of nitrogens with one attached hydrogen (secondary N) is 2. The molecule has 1 aliphatic rings. The molecule has 0 spiro atoms.